The Labute approximate surface area is 89.6 Å². The molecule has 0 saturated heterocycles. The van der Waals surface area contributed by atoms with Crippen LogP contribution in [0.25, 0.3) is 0 Å². The molecule has 0 radical (unpaired) electrons. The predicted molar refractivity (Wildman–Crippen MR) is 46.7 cm³/mol. The molecule has 16 heavy (non-hydrogen) atoms. The predicted octanol–water partition coefficient (Wildman–Crippen LogP) is 0.543. The first-order valence-corrected chi connectivity index (χ1v) is 4.32. The van der Waals surface area contributed by atoms with Crippen molar-refractivity contribution in [3.63, 3.8) is 0 Å². The molecule has 5 nitrogen and oxygen atoms in total. The molecule has 8 heteroatoms. The minimum Gasteiger partial charge on any atom is -0.480 e. The van der Waals surface area contributed by atoms with E-state index in [1.807, 2.05) is 5.32 Å². The lowest BCUT2D eigenvalue weighted by Crippen LogP contribution is -2.44. The second kappa shape index (κ2) is 5.69. The van der Waals surface area contributed by atoms with Gasteiger partial charge in [0.05, 0.1) is 6.61 Å². The van der Waals surface area contributed by atoms with E-state index in [1.54, 1.807) is 0 Å². The van der Waals surface area contributed by atoms with Crippen LogP contribution < -0.4 is 5.32 Å². The number of nitrogens with one attached hydrogen (secondary N) is 1. The van der Waals surface area contributed by atoms with E-state index in [0.29, 0.717) is 0 Å². The fourth-order valence-corrected chi connectivity index (χ4v) is 0.755. The number of carboxylic acid groups (broad SMARTS) is 1. The Balaban J connectivity index is 4.23. The van der Waals surface area contributed by atoms with Gasteiger partial charge in [0.25, 0.3) is 0 Å². The Morgan fingerprint density at radius 1 is 1.44 bits per heavy atom. The first-order valence-electron chi connectivity index (χ1n) is 4.32. The van der Waals surface area contributed by atoms with E-state index in [9.17, 15) is 22.8 Å². The van der Waals surface area contributed by atoms with E-state index < -0.39 is 36.8 Å². The smallest absolute Gasteiger partial charge is 0.414 e. The van der Waals surface area contributed by atoms with Crippen LogP contribution in [0.3, 0.4) is 0 Å². The number of hydrogen-bond donors (Lipinski definition) is 2. The lowest BCUT2D eigenvalue weighted by Gasteiger charge is -2.19. The Bertz CT molecular complexity index is 266. The molecule has 2 atom stereocenters. The van der Waals surface area contributed by atoms with Gasteiger partial charge in [0.1, 0.15) is 0 Å². The number of halogens is 3. The van der Waals surface area contributed by atoms with Gasteiger partial charge in [-0.3, -0.25) is 4.79 Å². The summed E-state index contributed by atoms with van der Waals surface area (Å²) in [6, 6.07) is -1.48. The van der Waals surface area contributed by atoms with Gasteiger partial charge in [0.2, 0.25) is 5.91 Å². The third kappa shape index (κ3) is 5.54. The zero-order valence-electron chi connectivity index (χ0n) is 8.67. The summed E-state index contributed by atoms with van der Waals surface area (Å²) < 4.78 is 40.3. The summed E-state index contributed by atoms with van der Waals surface area (Å²) in [6.07, 6.45) is -6.64. The van der Waals surface area contributed by atoms with Crippen molar-refractivity contribution in [2.24, 2.45) is 0 Å². The van der Waals surface area contributed by atoms with Gasteiger partial charge in [-0.25, -0.2) is 4.79 Å². The molecule has 2 N–H and O–H groups in total. The van der Waals surface area contributed by atoms with Crippen LogP contribution in [-0.2, 0) is 14.3 Å². The number of carboxylic acids is 1. The molecule has 0 bridgehead atoms. The van der Waals surface area contributed by atoms with Crippen LogP contribution in [0, 0.1) is 0 Å². The number of hydrogen-bond acceptors (Lipinski definition) is 3. The van der Waals surface area contributed by atoms with E-state index in [0.717, 1.165) is 13.8 Å². The largest absolute Gasteiger partial charge is 0.480 e. The molecule has 0 aliphatic heterocycles. The van der Waals surface area contributed by atoms with Gasteiger partial charge in [-0.05, 0) is 6.92 Å². The van der Waals surface area contributed by atoms with Gasteiger partial charge in [-0.15, -0.1) is 0 Å². The van der Waals surface area contributed by atoms with E-state index in [2.05, 4.69) is 4.74 Å². The lowest BCUT2D eigenvalue weighted by molar-refractivity contribution is -0.216. The van der Waals surface area contributed by atoms with Crippen LogP contribution in [0.2, 0.25) is 0 Å². The van der Waals surface area contributed by atoms with Gasteiger partial charge < -0.3 is 15.2 Å². The summed E-state index contributed by atoms with van der Waals surface area (Å²) in [5.41, 5.74) is 0. The maximum absolute atomic E-state index is 12.0. The maximum Gasteiger partial charge on any atom is 0.414 e. The molecule has 0 aromatic heterocycles. The van der Waals surface area contributed by atoms with Crippen LogP contribution in [0.4, 0.5) is 13.2 Å². The minimum absolute atomic E-state index is 0.657. The summed E-state index contributed by atoms with van der Waals surface area (Å²) in [6.45, 7) is 1.07. The molecular weight excluding hydrogens is 231 g/mol. The van der Waals surface area contributed by atoms with Crippen molar-refractivity contribution in [2.45, 2.75) is 32.2 Å². The van der Waals surface area contributed by atoms with Crippen molar-refractivity contribution in [3.8, 4) is 0 Å². The molecular formula is C8H12F3NO4. The van der Waals surface area contributed by atoms with Crippen LogP contribution in [-0.4, -0.2) is 41.9 Å². The minimum atomic E-state index is -4.56. The summed E-state index contributed by atoms with van der Waals surface area (Å²) in [4.78, 5) is 21.1. The normalized spacial score (nSPS) is 15.3. The third-order valence-electron chi connectivity index (χ3n) is 1.65. The molecule has 0 aromatic rings. The highest BCUT2D eigenvalue weighted by atomic mass is 19.4. The lowest BCUT2D eigenvalue weighted by atomic mass is 10.3. The quantitative estimate of drug-likeness (QED) is 0.739. The van der Waals surface area contributed by atoms with Gasteiger partial charge in [-0.2, -0.15) is 13.2 Å². The van der Waals surface area contributed by atoms with E-state index >= 15 is 0 Å². The molecule has 94 valence electrons. The molecule has 0 spiro atoms. The summed E-state index contributed by atoms with van der Waals surface area (Å²) in [5, 5.41) is 10.5. The molecule has 0 fully saturated rings. The Kier molecular flexibility index (Phi) is 5.22. The molecule has 0 aliphatic rings. The standard InChI is InChI=1S/C8H12F3NO4/c1-4(8(9,10)11)16-3-6(7(14)15)12-5(2)13/h4,6H,3H2,1-2H3,(H,12,13)(H,14,15). The fraction of sp³-hybridized carbons (Fsp3) is 0.750. The number of carbonyl (C=O) groups is 2. The second-order valence-corrected chi connectivity index (χ2v) is 3.11. The van der Waals surface area contributed by atoms with Crippen molar-refractivity contribution >= 4 is 11.9 Å². The monoisotopic (exact) mass is 243 g/mol. The Hall–Kier alpha value is -1.31. The first kappa shape index (κ1) is 14.7. The summed E-state index contributed by atoms with van der Waals surface area (Å²) in [5.74, 6) is -2.11. The van der Waals surface area contributed by atoms with E-state index in [-0.39, 0.29) is 0 Å². The van der Waals surface area contributed by atoms with Crippen LogP contribution >= 0.6 is 0 Å². The van der Waals surface area contributed by atoms with Crippen LogP contribution in [0.1, 0.15) is 13.8 Å². The number of ether oxygens (including phenoxy) is 1. The average molecular weight is 243 g/mol. The number of rotatable bonds is 5. The number of carbonyl (C=O) groups excluding carboxylic acids is 1. The molecule has 1 amide bonds. The van der Waals surface area contributed by atoms with Crippen molar-refractivity contribution in [1.82, 2.24) is 5.32 Å². The van der Waals surface area contributed by atoms with Crippen molar-refractivity contribution < 1.29 is 32.6 Å². The Morgan fingerprint density at radius 2 is 1.94 bits per heavy atom. The molecule has 0 heterocycles. The molecule has 0 aromatic carbocycles. The first-order chi connectivity index (χ1) is 7.14. The molecule has 0 rings (SSSR count). The van der Waals surface area contributed by atoms with Gasteiger partial charge in [-0.1, -0.05) is 0 Å². The highest BCUT2D eigenvalue weighted by Crippen LogP contribution is 2.22. The SMILES string of the molecule is CC(=O)NC(COC(C)C(F)(F)F)C(=O)O. The van der Waals surface area contributed by atoms with Crippen LogP contribution in [0.5, 0.6) is 0 Å². The summed E-state index contributed by atoms with van der Waals surface area (Å²) >= 11 is 0. The Morgan fingerprint density at radius 3 is 2.25 bits per heavy atom. The zero-order valence-corrected chi connectivity index (χ0v) is 8.67. The highest BCUT2D eigenvalue weighted by molar-refractivity contribution is 5.82. The number of amides is 1. The highest BCUT2D eigenvalue weighted by Gasteiger charge is 2.37. The van der Waals surface area contributed by atoms with Gasteiger partial charge >= 0.3 is 12.1 Å². The zero-order chi connectivity index (χ0) is 12.9. The fourth-order valence-electron chi connectivity index (χ4n) is 0.755. The van der Waals surface area contributed by atoms with E-state index in [4.69, 9.17) is 5.11 Å². The number of aliphatic carboxylic acids is 1. The molecule has 0 aliphatic carbocycles. The topological polar surface area (TPSA) is 75.6 Å². The maximum atomic E-state index is 12.0. The van der Waals surface area contributed by atoms with Gasteiger partial charge in [0.15, 0.2) is 12.1 Å². The van der Waals surface area contributed by atoms with Crippen LogP contribution in [0.15, 0.2) is 0 Å². The summed E-state index contributed by atoms with van der Waals surface area (Å²) in [7, 11) is 0. The molecule has 2 unspecified atom stereocenters. The van der Waals surface area contributed by atoms with Crippen molar-refractivity contribution in [3.05, 3.63) is 0 Å². The van der Waals surface area contributed by atoms with Crippen molar-refractivity contribution in [1.29, 1.82) is 0 Å². The van der Waals surface area contributed by atoms with Crippen molar-refractivity contribution in [2.75, 3.05) is 6.61 Å². The number of alkyl halides is 3. The van der Waals surface area contributed by atoms with E-state index in [1.165, 1.54) is 0 Å². The van der Waals surface area contributed by atoms with Gasteiger partial charge in [0, 0.05) is 6.92 Å². The average Bonchev–Trinajstić information content (AvgIpc) is 2.08. The second-order valence-electron chi connectivity index (χ2n) is 3.11. The third-order valence-corrected chi connectivity index (χ3v) is 1.65. The molecule has 0 saturated carbocycles.